The first-order valence-corrected chi connectivity index (χ1v) is 20.7. The van der Waals surface area contributed by atoms with E-state index in [1.165, 1.54) is 0 Å². The number of carbonyl (C=O) groups excluding carboxylic acids is 3. The van der Waals surface area contributed by atoms with E-state index in [0.29, 0.717) is 0 Å². The molecule has 32 nitrogen and oxygen atoms in total. The molecule has 4 fully saturated rings. The van der Waals surface area contributed by atoms with Gasteiger partial charge in [-0.25, -0.2) is 9.59 Å². The van der Waals surface area contributed by atoms with Crippen LogP contribution in [0.4, 0.5) is 0 Å². The summed E-state index contributed by atoms with van der Waals surface area (Å²) >= 11 is 0. The van der Waals surface area contributed by atoms with Crippen molar-refractivity contribution in [3.05, 3.63) is 0 Å². The molecular weight excluding hydrogens is 938 g/mol. The lowest BCUT2D eigenvalue weighted by molar-refractivity contribution is -0.362. The average Bonchev–Trinajstić information content (AvgIpc) is 3.30. The van der Waals surface area contributed by atoms with Gasteiger partial charge in [-0.2, -0.15) is 0 Å². The van der Waals surface area contributed by atoms with Crippen molar-refractivity contribution in [2.45, 2.75) is 154 Å². The van der Waals surface area contributed by atoms with Gasteiger partial charge in [0.05, 0.1) is 50.7 Å². The number of aliphatic carboxylic acids is 2. The fourth-order valence-electron chi connectivity index (χ4n) is 8.04. The first-order valence-electron chi connectivity index (χ1n) is 20.7. The number of amides is 3. The molecular formula is C36H59N3O29. The molecule has 0 spiro atoms. The van der Waals surface area contributed by atoms with Crippen LogP contribution in [0.1, 0.15) is 19.8 Å². The monoisotopic (exact) mass is 997 g/mol. The lowest BCUT2D eigenvalue weighted by Gasteiger charge is -2.50. The number of aliphatic hydroxyl groups excluding tert-OH is 15. The van der Waals surface area contributed by atoms with Crippen molar-refractivity contribution in [3.8, 4) is 0 Å². The summed E-state index contributed by atoms with van der Waals surface area (Å²) in [6, 6.07) is -5.45. The van der Waals surface area contributed by atoms with Crippen molar-refractivity contribution in [2.75, 3.05) is 39.6 Å². The summed E-state index contributed by atoms with van der Waals surface area (Å²) in [5.41, 5.74) is 0. The number of hydrogen-bond acceptors (Lipinski definition) is 27. The van der Waals surface area contributed by atoms with E-state index in [0.717, 1.165) is 6.92 Å². The predicted molar refractivity (Wildman–Crippen MR) is 206 cm³/mol. The lowest BCUT2D eigenvalue weighted by Crippen LogP contribution is -2.71. The second-order valence-electron chi connectivity index (χ2n) is 16.3. The van der Waals surface area contributed by atoms with Crippen molar-refractivity contribution < 1.29 is 144 Å². The third kappa shape index (κ3) is 12.5. The number of ether oxygens (including phenoxy) is 7. The number of rotatable bonds is 21. The van der Waals surface area contributed by atoms with E-state index in [1.807, 2.05) is 10.6 Å². The molecule has 22 atom stereocenters. The molecule has 4 aliphatic heterocycles. The summed E-state index contributed by atoms with van der Waals surface area (Å²) in [7, 11) is 0. The van der Waals surface area contributed by atoms with E-state index in [1.54, 1.807) is 0 Å². The molecule has 0 aromatic heterocycles. The third-order valence-corrected chi connectivity index (χ3v) is 11.6. The molecule has 0 saturated carbocycles. The highest BCUT2D eigenvalue weighted by Crippen LogP contribution is 2.39. The molecule has 392 valence electrons. The quantitative estimate of drug-likeness (QED) is 0.0508. The van der Waals surface area contributed by atoms with Gasteiger partial charge in [0.2, 0.25) is 17.7 Å². The third-order valence-electron chi connectivity index (χ3n) is 11.6. The molecule has 4 rings (SSSR count). The highest BCUT2D eigenvalue weighted by Gasteiger charge is 2.61. The van der Waals surface area contributed by atoms with Crippen molar-refractivity contribution in [1.29, 1.82) is 0 Å². The van der Waals surface area contributed by atoms with E-state index in [-0.39, 0.29) is 0 Å². The molecule has 0 aromatic rings. The molecule has 4 saturated heterocycles. The molecule has 3 amide bonds. The smallest absolute Gasteiger partial charge is 0.364 e. The van der Waals surface area contributed by atoms with Crippen LogP contribution in [-0.4, -0.2) is 290 Å². The molecule has 0 unspecified atom stereocenters. The van der Waals surface area contributed by atoms with Crippen LogP contribution < -0.4 is 16.0 Å². The molecule has 0 aliphatic carbocycles. The summed E-state index contributed by atoms with van der Waals surface area (Å²) < 4.78 is 38.6. The SMILES string of the molecule is CC(=O)N[C@@H]1[C@@H](O)[C@H](O[C@@H]2O[C@H](CO[C@]3(C(=O)O)C[C@H](O)[C@@H](NC(=O)CO)[C@H]([C@H](O)[C@@H](CO)O[C@]4(C(=O)O)C[C@H](O)[C@@H](NC(=O)CO)[C@H]([C@H](O)[C@H](O)CO)O4)O3)[C@H](O)[C@H](O)[C@H]2O)[C@@H](CO)O[C@H]1O. The average molecular weight is 998 g/mol. The van der Waals surface area contributed by atoms with Crippen molar-refractivity contribution in [3.63, 3.8) is 0 Å². The zero-order valence-electron chi connectivity index (χ0n) is 35.7. The summed E-state index contributed by atoms with van der Waals surface area (Å²) in [5, 5.41) is 184. The van der Waals surface area contributed by atoms with Gasteiger partial charge >= 0.3 is 11.9 Å². The summed E-state index contributed by atoms with van der Waals surface area (Å²) in [5.74, 6) is -14.1. The van der Waals surface area contributed by atoms with E-state index >= 15 is 0 Å². The number of aliphatic hydroxyl groups is 15. The van der Waals surface area contributed by atoms with Gasteiger partial charge in [0.15, 0.2) is 12.6 Å². The molecule has 4 aliphatic rings. The maximum absolute atomic E-state index is 13.0. The molecule has 32 heteroatoms. The van der Waals surface area contributed by atoms with Crippen LogP contribution in [0.2, 0.25) is 0 Å². The van der Waals surface area contributed by atoms with E-state index in [2.05, 4.69) is 5.32 Å². The second kappa shape index (κ2) is 24.1. The Morgan fingerprint density at radius 1 is 0.647 bits per heavy atom. The van der Waals surface area contributed by atoms with Crippen LogP contribution in [-0.2, 0) is 57.1 Å². The fraction of sp³-hybridized carbons (Fsp3) is 0.861. The van der Waals surface area contributed by atoms with Crippen molar-refractivity contribution in [2.24, 2.45) is 0 Å². The van der Waals surface area contributed by atoms with Gasteiger partial charge in [0, 0.05) is 19.8 Å². The minimum Gasteiger partial charge on any atom is -0.477 e. The maximum Gasteiger partial charge on any atom is 0.364 e. The predicted octanol–water partition coefficient (Wildman–Crippen LogP) is -13.0. The number of nitrogens with one attached hydrogen (secondary N) is 3. The number of carbonyl (C=O) groups is 5. The van der Waals surface area contributed by atoms with Gasteiger partial charge in [-0.1, -0.05) is 0 Å². The number of hydrogen-bond donors (Lipinski definition) is 20. The Morgan fingerprint density at radius 2 is 1.18 bits per heavy atom. The fourth-order valence-corrected chi connectivity index (χ4v) is 8.04. The Balaban J connectivity index is 1.66. The van der Waals surface area contributed by atoms with Crippen LogP contribution >= 0.6 is 0 Å². The van der Waals surface area contributed by atoms with E-state index in [4.69, 9.17) is 33.2 Å². The zero-order chi connectivity index (χ0) is 51.2. The standard InChI is InChI=1S/C36H59N3O29/c1-10(45)37-21-25(54)28(15(6-42)63-31(21)57)65-32-27(56)26(55)23(52)16(64-32)9-62-35(33(58)59)2-11(46)20(39-18(50)8-44)30(67-35)24(53)14(5-41)66-36(34(60)61)3-12(47)19(38-17(49)7-43)29(68-36)22(51)13(48)4-40/h11-16,19-32,40-44,46-48,51-57H,2-9H2,1H3,(H,37,45)(H,38,49)(H,39,50)(H,58,59)(H,60,61)/t11-,12-,13+,14+,15+,16+,19+,20+,21+,22+,23-,24+,25+,26-,27+,28+,29+,30+,31+,32-,35+,36+/m0/s1. The minimum absolute atomic E-state index is 0.754. The molecule has 0 radical (unpaired) electrons. The highest BCUT2D eigenvalue weighted by molar-refractivity contribution is 5.79. The van der Waals surface area contributed by atoms with Crippen molar-refractivity contribution in [1.82, 2.24) is 16.0 Å². The first kappa shape index (κ1) is 57.1. The van der Waals surface area contributed by atoms with Crippen LogP contribution in [0.5, 0.6) is 0 Å². The Bertz CT molecular complexity index is 1720. The normalized spacial score (nSPS) is 40.5. The molecule has 0 bridgehead atoms. The molecule has 4 heterocycles. The summed E-state index contributed by atoms with van der Waals surface area (Å²) in [6.07, 6.45) is -38.8. The zero-order valence-corrected chi connectivity index (χ0v) is 35.7. The Morgan fingerprint density at radius 3 is 1.66 bits per heavy atom. The Hall–Kier alpha value is -3.53. The van der Waals surface area contributed by atoms with Gasteiger partial charge in [-0.05, 0) is 0 Å². The van der Waals surface area contributed by atoms with Gasteiger partial charge in [0.1, 0.15) is 98.6 Å². The van der Waals surface area contributed by atoms with Gasteiger partial charge < -0.3 is 136 Å². The number of carboxylic acids is 2. The molecule has 68 heavy (non-hydrogen) atoms. The van der Waals surface area contributed by atoms with Crippen LogP contribution in [0.3, 0.4) is 0 Å². The summed E-state index contributed by atoms with van der Waals surface area (Å²) in [6.45, 7) is -6.31. The van der Waals surface area contributed by atoms with E-state index < -0.39 is 216 Å². The number of carboxylic acid groups (broad SMARTS) is 2. The van der Waals surface area contributed by atoms with Gasteiger partial charge in [-0.3, -0.25) is 14.4 Å². The second-order valence-corrected chi connectivity index (χ2v) is 16.3. The van der Waals surface area contributed by atoms with Crippen LogP contribution in [0.25, 0.3) is 0 Å². The van der Waals surface area contributed by atoms with E-state index in [9.17, 15) is 111 Å². The molecule has 20 N–H and O–H groups in total. The first-order chi connectivity index (χ1) is 31.8. The lowest BCUT2D eigenvalue weighted by atomic mass is 9.87. The Labute approximate surface area is 382 Å². The maximum atomic E-state index is 13.0. The minimum atomic E-state index is -3.31. The van der Waals surface area contributed by atoms with Gasteiger partial charge in [-0.15, -0.1) is 0 Å². The van der Waals surface area contributed by atoms with Gasteiger partial charge in [0.25, 0.3) is 11.6 Å². The highest BCUT2D eigenvalue weighted by atomic mass is 16.8. The largest absolute Gasteiger partial charge is 0.477 e. The topological polar surface area (TPSA) is 530 Å². The summed E-state index contributed by atoms with van der Waals surface area (Å²) in [4.78, 5) is 62.1. The van der Waals surface area contributed by atoms with Crippen molar-refractivity contribution >= 4 is 29.7 Å². The Kier molecular flexibility index (Phi) is 20.2. The molecule has 0 aromatic carbocycles. The van der Waals surface area contributed by atoms with Crippen LogP contribution in [0, 0.1) is 0 Å². The van der Waals surface area contributed by atoms with Crippen LogP contribution in [0.15, 0.2) is 0 Å².